The first-order valence-corrected chi connectivity index (χ1v) is 5.13. The van der Waals surface area contributed by atoms with E-state index < -0.39 is 17.4 Å². The smallest absolute Gasteiger partial charge is 0.309 e. The molecule has 0 aliphatic heterocycles. The standard InChI is InChI=1S/C9H10Cl2O4/c1-2-15-6(13)4-9(14)3-5(12)7(10)8(9)11/h14H,2-4H2,1H3. The average Bonchev–Trinajstić information content (AvgIpc) is 2.31. The van der Waals surface area contributed by atoms with E-state index in [9.17, 15) is 14.7 Å². The van der Waals surface area contributed by atoms with Gasteiger partial charge in [0.15, 0.2) is 5.78 Å². The third kappa shape index (κ3) is 2.51. The molecule has 1 rings (SSSR count). The number of rotatable bonds is 3. The largest absolute Gasteiger partial charge is 0.466 e. The van der Waals surface area contributed by atoms with Crippen LogP contribution in [0.15, 0.2) is 10.1 Å². The van der Waals surface area contributed by atoms with Gasteiger partial charge in [0.2, 0.25) is 0 Å². The molecule has 0 aromatic carbocycles. The molecule has 1 aliphatic carbocycles. The summed E-state index contributed by atoms with van der Waals surface area (Å²) in [5.41, 5.74) is -1.69. The first kappa shape index (κ1) is 12.5. The van der Waals surface area contributed by atoms with E-state index in [-0.39, 0.29) is 29.5 Å². The number of hydrogen-bond donors (Lipinski definition) is 1. The molecule has 1 atom stereocenters. The molecule has 0 bridgehead atoms. The van der Waals surface area contributed by atoms with Gasteiger partial charge < -0.3 is 9.84 Å². The van der Waals surface area contributed by atoms with Crippen LogP contribution >= 0.6 is 23.2 Å². The minimum absolute atomic E-state index is 0.179. The van der Waals surface area contributed by atoms with Crippen LogP contribution in [0.1, 0.15) is 19.8 Å². The lowest BCUT2D eigenvalue weighted by Gasteiger charge is -2.20. The number of Topliss-reactive ketones (excluding diaryl/α,β-unsaturated/α-hetero) is 1. The number of carbonyl (C=O) groups is 2. The van der Waals surface area contributed by atoms with Crippen LogP contribution in [0.4, 0.5) is 0 Å². The van der Waals surface area contributed by atoms with Crippen molar-refractivity contribution >= 4 is 35.0 Å². The van der Waals surface area contributed by atoms with Crippen molar-refractivity contribution in [2.75, 3.05) is 6.61 Å². The van der Waals surface area contributed by atoms with Crippen LogP contribution in [0, 0.1) is 0 Å². The topological polar surface area (TPSA) is 63.6 Å². The highest BCUT2D eigenvalue weighted by Gasteiger charge is 2.44. The number of esters is 1. The van der Waals surface area contributed by atoms with Gasteiger partial charge in [-0.05, 0) is 6.92 Å². The molecule has 0 amide bonds. The van der Waals surface area contributed by atoms with Crippen LogP contribution in [0.25, 0.3) is 0 Å². The predicted octanol–water partition coefficient (Wildman–Crippen LogP) is 1.33. The molecule has 0 saturated carbocycles. The number of ether oxygens (including phenoxy) is 1. The van der Waals surface area contributed by atoms with Crippen molar-refractivity contribution < 1.29 is 19.4 Å². The second-order valence-electron chi connectivity index (χ2n) is 3.24. The summed E-state index contributed by atoms with van der Waals surface area (Å²) < 4.78 is 4.65. The van der Waals surface area contributed by atoms with Crippen LogP contribution in [0.3, 0.4) is 0 Å². The Kier molecular flexibility index (Phi) is 3.76. The average molecular weight is 253 g/mol. The Hall–Kier alpha value is -0.580. The molecule has 0 saturated heterocycles. The van der Waals surface area contributed by atoms with Crippen molar-refractivity contribution in [1.82, 2.24) is 0 Å². The molecule has 1 aliphatic rings. The van der Waals surface area contributed by atoms with Crippen LogP contribution in [0.2, 0.25) is 0 Å². The van der Waals surface area contributed by atoms with Gasteiger partial charge in [0.05, 0.1) is 18.1 Å². The second kappa shape index (κ2) is 4.51. The molecule has 4 nitrogen and oxygen atoms in total. The summed E-state index contributed by atoms with van der Waals surface area (Å²) in [5.74, 6) is -1.08. The lowest BCUT2D eigenvalue weighted by molar-refractivity contribution is -0.147. The third-order valence-corrected chi connectivity index (χ3v) is 3.08. The van der Waals surface area contributed by atoms with Gasteiger partial charge in [0.1, 0.15) is 10.6 Å². The van der Waals surface area contributed by atoms with Gasteiger partial charge in [-0.3, -0.25) is 9.59 Å². The van der Waals surface area contributed by atoms with Crippen molar-refractivity contribution in [3.05, 3.63) is 10.1 Å². The summed E-state index contributed by atoms with van der Waals surface area (Å²) in [5, 5.41) is 9.52. The zero-order chi connectivity index (χ0) is 11.6. The van der Waals surface area contributed by atoms with E-state index in [1.165, 1.54) is 0 Å². The fraction of sp³-hybridized carbons (Fsp3) is 0.556. The molecule has 15 heavy (non-hydrogen) atoms. The first-order chi connectivity index (χ1) is 6.90. The van der Waals surface area contributed by atoms with Crippen molar-refractivity contribution in [3.8, 4) is 0 Å². The summed E-state index contributed by atoms with van der Waals surface area (Å²) in [4.78, 5) is 22.3. The maximum atomic E-state index is 11.2. The van der Waals surface area contributed by atoms with Gasteiger partial charge in [-0.1, -0.05) is 23.2 Å². The summed E-state index contributed by atoms with van der Waals surface area (Å²) in [6.07, 6.45) is -0.634. The maximum Gasteiger partial charge on any atom is 0.309 e. The summed E-state index contributed by atoms with van der Waals surface area (Å²) >= 11 is 11.2. The molecule has 0 spiro atoms. The third-order valence-electron chi connectivity index (χ3n) is 2.04. The highest BCUT2D eigenvalue weighted by atomic mass is 35.5. The Morgan fingerprint density at radius 3 is 2.60 bits per heavy atom. The molecular formula is C9H10Cl2O4. The SMILES string of the molecule is CCOC(=O)CC1(O)CC(=O)C(Cl)=C1Cl. The molecule has 0 aromatic rings. The number of carbonyl (C=O) groups excluding carboxylic acids is 2. The minimum atomic E-state index is -1.69. The van der Waals surface area contributed by atoms with E-state index >= 15 is 0 Å². The molecule has 0 radical (unpaired) electrons. The van der Waals surface area contributed by atoms with Gasteiger partial charge in [-0.25, -0.2) is 0 Å². The van der Waals surface area contributed by atoms with E-state index in [1.54, 1.807) is 6.92 Å². The van der Waals surface area contributed by atoms with Gasteiger partial charge in [-0.15, -0.1) is 0 Å². The van der Waals surface area contributed by atoms with Crippen LogP contribution < -0.4 is 0 Å². The molecule has 1 unspecified atom stereocenters. The molecule has 0 aromatic heterocycles. The van der Waals surface area contributed by atoms with Crippen LogP contribution in [0.5, 0.6) is 0 Å². The fourth-order valence-corrected chi connectivity index (χ4v) is 1.82. The van der Waals surface area contributed by atoms with Crippen molar-refractivity contribution in [1.29, 1.82) is 0 Å². The van der Waals surface area contributed by atoms with Crippen molar-refractivity contribution in [3.63, 3.8) is 0 Å². The van der Waals surface area contributed by atoms with E-state index in [0.29, 0.717) is 0 Å². The second-order valence-corrected chi connectivity index (χ2v) is 4.00. The van der Waals surface area contributed by atoms with E-state index in [1.807, 2.05) is 0 Å². The summed E-state index contributed by atoms with van der Waals surface area (Å²) in [6, 6.07) is 0. The number of halogens is 2. The molecule has 84 valence electrons. The Balaban J connectivity index is 2.78. The van der Waals surface area contributed by atoms with Gasteiger partial charge in [0.25, 0.3) is 0 Å². The number of aliphatic hydroxyl groups is 1. The lowest BCUT2D eigenvalue weighted by atomic mass is 9.99. The van der Waals surface area contributed by atoms with E-state index in [0.717, 1.165) is 0 Å². The maximum absolute atomic E-state index is 11.2. The first-order valence-electron chi connectivity index (χ1n) is 4.37. The molecule has 1 N–H and O–H groups in total. The van der Waals surface area contributed by atoms with Crippen molar-refractivity contribution in [2.24, 2.45) is 0 Å². The van der Waals surface area contributed by atoms with Gasteiger partial charge in [0, 0.05) is 6.42 Å². The predicted molar refractivity (Wildman–Crippen MR) is 54.6 cm³/mol. The highest BCUT2D eigenvalue weighted by Crippen LogP contribution is 2.40. The monoisotopic (exact) mass is 252 g/mol. The lowest BCUT2D eigenvalue weighted by Crippen LogP contribution is -2.31. The number of allylic oxidation sites excluding steroid dienone is 1. The van der Waals surface area contributed by atoms with E-state index in [2.05, 4.69) is 4.74 Å². The van der Waals surface area contributed by atoms with Crippen LogP contribution in [-0.2, 0) is 14.3 Å². The summed E-state index contributed by atoms with van der Waals surface area (Å²) in [7, 11) is 0. The number of hydrogen-bond acceptors (Lipinski definition) is 4. The number of ketones is 1. The van der Waals surface area contributed by atoms with Crippen LogP contribution in [-0.4, -0.2) is 29.1 Å². The molecule has 6 heteroatoms. The Morgan fingerprint density at radius 1 is 1.60 bits per heavy atom. The van der Waals surface area contributed by atoms with Crippen molar-refractivity contribution in [2.45, 2.75) is 25.4 Å². The zero-order valence-electron chi connectivity index (χ0n) is 8.05. The molecule has 0 heterocycles. The molecule has 0 fully saturated rings. The van der Waals surface area contributed by atoms with E-state index in [4.69, 9.17) is 23.2 Å². The fourth-order valence-electron chi connectivity index (χ4n) is 1.34. The zero-order valence-corrected chi connectivity index (χ0v) is 9.56. The Labute approximate surface area is 96.8 Å². The quantitative estimate of drug-likeness (QED) is 0.770. The highest BCUT2D eigenvalue weighted by molar-refractivity contribution is 6.50. The van der Waals surface area contributed by atoms with Gasteiger partial charge >= 0.3 is 5.97 Å². The Morgan fingerprint density at radius 2 is 2.20 bits per heavy atom. The normalized spacial score (nSPS) is 26.0. The molecular weight excluding hydrogens is 243 g/mol. The summed E-state index contributed by atoms with van der Waals surface area (Å²) in [6.45, 7) is 1.85. The Bertz CT molecular complexity index is 337. The van der Waals surface area contributed by atoms with Gasteiger partial charge in [-0.2, -0.15) is 0 Å². The minimum Gasteiger partial charge on any atom is -0.466 e.